The van der Waals surface area contributed by atoms with Gasteiger partial charge in [0.15, 0.2) is 0 Å². The Hall–Kier alpha value is -1.93. The first-order valence-corrected chi connectivity index (χ1v) is 8.41. The van der Waals surface area contributed by atoms with Crippen LogP contribution in [0.2, 0.25) is 0 Å². The third kappa shape index (κ3) is 2.84. The second-order valence-corrected chi connectivity index (χ2v) is 6.81. The van der Waals surface area contributed by atoms with Crippen molar-refractivity contribution in [2.24, 2.45) is 11.8 Å². The fourth-order valence-corrected chi connectivity index (χ4v) is 3.82. The maximum atomic E-state index is 12.9. The number of ketones is 1. The second-order valence-electron chi connectivity index (χ2n) is 6.81. The van der Waals surface area contributed by atoms with Crippen molar-refractivity contribution in [2.45, 2.75) is 39.8 Å². The molecule has 3 rings (SSSR count). The topological polar surface area (TPSA) is 29.1 Å². The van der Waals surface area contributed by atoms with Crippen LogP contribution in [-0.2, 0) is 4.79 Å². The van der Waals surface area contributed by atoms with Gasteiger partial charge in [0.05, 0.1) is 0 Å². The van der Waals surface area contributed by atoms with E-state index >= 15 is 0 Å². The van der Waals surface area contributed by atoms with Crippen LogP contribution in [0.15, 0.2) is 48.5 Å². The number of carbonyl (C=O) groups is 1. The van der Waals surface area contributed by atoms with Gasteiger partial charge in [-0.05, 0) is 36.1 Å². The second kappa shape index (κ2) is 6.29. The van der Waals surface area contributed by atoms with E-state index in [2.05, 4.69) is 81.5 Å². The maximum Gasteiger partial charge on any atom is 0.142 e. The minimum Gasteiger partial charge on any atom is -0.302 e. The minimum absolute atomic E-state index is 0.00799. The zero-order valence-electron chi connectivity index (χ0n) is 14.3. The van der Waals surface area contributed by atoms with E-state index in [4.69, 9.17) is 0 Å². The van der Waals surface area contributed by atoms with Crippen molar-refractivity contribution in [3.8, 4) is 0 Å². The molecule has 2 nitrogen and oxygen atoms in total. The lowest BCUT2D eigenvalue weighted by Crippen LogP contribution is -2.46. The molecule has 1 aliphatic rings. The Morgan fingerprint density at radius 3 is 1.52 bits per heavy atom. The van der Waals surface area contributed by atoms with E-state index in [9.17, 15) is 4.79 Å². The van der Waals surface area contributed by atoms with Crippen LogP contribution < -0.4 is 5.32 Å². The zero-order chi connectivity index (χ0) is 16.6. The molecular formula is C21H25NO. The summed E-state index contributed by atoms with van der Waals surface area (Å²) in [7, 11) is 0. The molecule has 0 amide bonds. The van der Waals surface area contributed by atoms with E-state index in [1.807, 2.05) is 0 Å². The molecule has 0 spiro atoms. The van der Waals surface area contributed by atoms with E-state index in [-0.39, 0.29) is 23.9 Å². The number of Topliss-reactive ketones (excluding diaryl/α,β-unsaturated/α-hetero) is 1. The van der Waals surface area contributed by atoms with E-state index in [1.165, 1.54) is 22.3 Å². The van der Waals surface area contributed by atoms with Gasteiger partial charge in [0.1, 0.15) is 5.78 Å². The monoisotopic (exact) mass is 307 g/mol. The van der Waals surface area contributed by atoms with Crippen molar-refractivity contribution in [3.63, 3.8) is 0 Å². The van der Waals surface area contributed by atoms with E-state index in [0.29, 0.717) is 5.78 Å². The van der Waals surface area contributed by atoms with Crippen LogP contribution in [0, 0.1) is 25.7 Å². The quantitative estimate of drug-likeness (QED) is 0.883. The average molecular weight is 307 g/mol. The molecule has 4 atom stereocenters. The molecule has 2 heteroatoms. The third-order valence-corrected chi connectivity index (χ3v) is 5.30. The Bertz CT molecular complexity index is 662. The van der Waals surface area contributed by atoms with Gasteiger partial charge in [-0.1, -0.05) is 62.4 Å². The third-order valence-electron chi connectivity index (χ3n) is 5.30. The van der Waals surface area contributed by atoms with Crippen molar-refractivity contribution < 1.29 is 4.79 Å². The molecular weight excluding hydrogens is 282 g/mol. The maximum absolute atomic E-state index is 12.9. The van der Waals surface area contributed by atoms with Gasteiger partial charge in [-0.15, -0.1) is 0 Å². The summed E-state index contributed by atoms with van der Waals surface area (Å²) in [6.45, 7) is 8.35. The van der Waals surface area contributed by atoms with Crippen LogP contribution in [0.5, 0.6) is 0 Å². The van der Waals surface area contributed by atoms with Gasteiger partial charge in [-0.2, -0.15) is 0 Å². The number of benzene rings is 2. The molecule has 1 aliphatic heterocycles. The minimum atomic E-state index is -0.00799. The molecule has 1 heterocycles. The zero-order valence-corrected chi connectivity index (χ0v) is 14.3. The van der Waals surface area contributed by atoms with Crippen LogP contribution in [0.1, 0.15) is 48.2 Å². The number of carbonyl (C=O) groups excluding carboxylic acids is 1. The standard InChI is InChI=1S/C21H25NO/c1-13-9-5-7-11-17(13)19-15(3)21(23)16(4)20(22-19)18-12-8-6-10-14(18)2/h5-12,15-16,19-20,22H,1-4H3/t15-,16+,19-,20+. The van der Waals surface area contributed by atoms with Crippen molar-refractivity contribution in [1.82, 2.24) is 5.32 Å². The van der Waals surface area contributed by atoms with Crippen LogP contribution in [0.25, 0.3) is 0 Å². The van der Waals surface area contributed by atoms with Gasteiger partial charge in [0.2, 0.25) is 0 Å². The predicted molar refractivity (Wildman–Crippen MR) is 94.3 cm³/mol. The van der Waals surface area contributed by atoms with Crippen LogP contribution in [0.3, 0.4) is 0 Å². The number of nitrogens with one attached hydrogen (secondary N) is 1. The molecule has 1 saturated heterocycles. The highest BCUT2D eigenvalue weighted by Gasteiger charge is 2.40. The molecule has 23 heavy (non-hydrogen) atoms. The highest BCUT2D eigenvalue weighted by molar-refractivity contribution is 5.85. The normalized spacial score (nSPS) is 27.9. The van der Waals surface area contributed by atoms with Crippen LogP contribution >= 0.6 is 0 Å². The molecule has 0 bridgehead atoms. The first-order valence-electron chi connectivity index (χ1n) is 8.41. The lowest BCUT2D eigenvalue weighted by molar-refractivity contribution is -0.130. The van der Waals surface area contributed by atoms with Gasteiger partial charge in [0.25, 0.3) is 0 Å². The Kier molecular flexibility index (Phi) is 4.36. The Morgan fingerprint density at radius 1 is 0.739 bits per heavy atom. The van der Waals surface area contributed by atoms with Gasteiger partial charge in [-0.3, -0.25) is 4.79 Å². The van der Waals surface area contributed by atoms with Crippen LogP contribution in [-0.4, -0.2) is 5.78 Å². The number of rotatable bonds is 2. The summed E-state index contributed by atoms with van der Waals surface area (Å²) in [5.74, 6) is 0.336. The molecule has 1 N–H and O–H groups in total. The van der Waals surface area contributed by atoms with E-state index < -0.39 is 0 Å². The first kappa shape index (κ1) is 15.9. The number of piperidine rings is 1. The molecule has 2 aromatic carbocycles. The van der Waals surface area contributed by atoms with E-state index in [0.717, 1.165) is 0 Å². The average Bonchev–Trinajstić information content (AvgIpc) is 2.55. The molecule has 0 saturated carbocycles. The summed E-state index contributed by atoms with van der Waals surface area (Å²) < 4.78 is 0. The largest absolute Gasteiger partial charge is 0.302 e. The number of hydrogen-bond donors (Lipinski definition) is 1. The predicted octanol–water partition coefficient (Wildman–Crippen LogP) is 4.53. The fraction of sp³-hybridized carbons (Fsp3) is 0.381. The lowest BCUT2D eigenvalue weighted by atomic mass is 9.75. The van der Waals surface area contributed by atoms with Crippen molar-refractivity contribution in [1.29, 1.82) is 0 Å². The summed E-state index contributed by atoms with van der Waals surface area (Å²) in [4.78, 5) is 12.9. The molecule has 1 fully saturated rings. The van der Waals surface area contributed by atoms with Crippen LogP contribution in [0.4, 0.5) is 0 Å². The molecule has 2 aromatic rings. The fourth-order valence-electron chi connectivity index (χ4n) is 3.82. The Morgan fingerprint density at radius 2 is 1.13 bits per heavy atom. The lowest BCUT2D eigenvalue weighted by Gasteiger charge is -2.40. The van der Waals surface area contributed by atoms with Gasteiger partial charge >= 0.3 is 0 Å². The number of aryl methyl sites for hydroxylation is 2. The molecule has 0 aromatic heterocycles. The molecule has 120 valence electrons. The highest BCUT2D eigenvalue weighted by Crippen LogP contribution is 2.39. The number of hydrogen-bond acceptors (Lipinski definition) is 2. The summed E-state index contributed by atoms with van der Waals surface area (Å²) in [5, 5.41) is 3.78. The smallest absolute Gasteiger partial charge is 0.142 e. The van der Waals surface area contributed by atoms with Crippen molar-refractivity contribution >= 4 is 5.78 Å². The van der Waals surface area contributed by atoms with Crippen molar-refractivity contribution in [3.05, 3.63) is 70.8 Å². The van der Waals surface area contributed by atoms with Gasteiger partial charge in [0, 0.05) is 23.9 Å². The summed E-state index contributed by atoms with van der Waals surface area (Å²) >= 11 is 0. The summed E-state index contributed by atoms with van der Waals surface area (Å²) in [6, 6.07) is 16.9. The summed E-state index contributed by atoms with van der Waals surface area (Å²) in [5.41, 5.74) is 4.95. The first-order chi connectivity index (χ1) is 11.0. The Balaban J connectivity index is 2.02. The molecule has 0 aliphatic carbocycles. The SMILES string of the molecule is Cc1ccccc1[C@H]1N[C@@H](c2ccccc2C)[C@@H](C)C(=O)[C@H]1C. The highest BCUT2D eigenvalue weighted by atomic mass is 16.1. The molecule has 0 radical (unpaired) electrons. The van der Waals surface area contributed by atoms with E-state index in [1.54, 1.807) is 0 Å². The van der Waals surface area contributed by atoms with Gasteiger partial charge < -0.3 is 5.32 Å². The molecule has 0 unspecified atom stereocenters. The van der Waals surface area contributed by atoms with Gasteiger partial charge in [-0.25, -0.2) is 0 Å². The Labute approximate surface area is 138 Å². The van der Waals surface area contributed by atoms with Crippen molar-refractivity contribution in [2.75, 3.05) is 0 Å². The summed E-state index contributed by atoms with van der Waals surface area (Å²) in [6.07, 6.45) is 0.